The number of rotatable bonds is 0. The second kappa shape index (κ2) is 5.86. The van der Waals surface area contributed by atoms with Crippen molar-refractivity contribution in [2.45, 2.75) is 12.7 Å². The largest absolute Gasteiger partial charge is 2.00 e. The maximum Gasteiger partial charge on any atom is 2.00 e. The summed E-state index contributed by atoms with van der Waals surface area (Å²) in [7, 11) is 0. The van der Waals surface area contributed by atoms with Crippen molar-refractivity contribution < 1.29 is 36.6 Å². The van der Waals surface area contributed by atoms with Crippen LogP contribution in [0.1, 0.15) is 0 Å². The minimum Gasteiger partial charge on any atom is -0.771 e. The van der Waals surface area contributed by atoms with E-state index in [1.54, 1.807) is 0 Å². The van der Waals surface area contributed by atoms with Gasteiger partial charge in [0.2, 0.25) is 0 Å². The van der Waals surface area contributed by atoms with E-state index in [9.17, 15) is 26.3 Å². The Labute approximate surface area is 73.0 Å². The minimum absolute atomic E-state index is 0. The third-order valence-electron chi connectivity index (χ3n) is 0. The van der Waals surface area contributed by atoms with Crippen LogP contribution in [-0.2, 0) is 0 Å². The number of alkyl halides is 6. The second-order valence-electron chi connectivity index (χ2n) is 0.891. The van der Waals surface area contributed by atoms with Crippen molar-refractivity contribution in [3.05, 3.63) is 0 Å². The zero-order chi connectivity index (χ0) is 9.00. The smallest absolute Gasteiger partial charge is 0.771 e. The van der Waals surface area contributed by atoms with E-state index in [0.29, 0.717) is 0 Å². The van der Waals surface area contributed by atoms with Crippen molar-refractivity contribution in [3.8, 4) is 0 Å². The van der Waals surface area contributed by atoms with Gasteiger partial charge in [-0.15, -0.1) is 0 Å². The standard InChI is InChI=1S/2CF3O.Mg/c2*2-1(3,4)5;/q2*-1;+2. The van der Waals surface area contributed by atoms with Gasteiger partial charge in [-0.05, 0) is 0 Å². The Morgan fingerprint density at radius 3 is 0.636 bits per heavy atom. The molecule has 64 valence electrons. The molecule has 11 heavy (non-hydrogen) atoms. The molecular weight excluding hydrogens is 194 g/mol. The summed E-state index contributed by atoms with van der Waals surface area (Å²) in [5.41, 5.74) is 0. The number of hydrogen-bond acceptors (Lipinski definition) is 2. The Hall–Kier alpha value is 0.266. The first-order chi connectivity index (χ1) is 4.00. The predicted molar refractivity (Wildman–Crippen MR) is 17.9 cm³/mol. The quantitative estimate of drug-likeness (QED) is 0.380. The molecule has 0 rings (SSSR count). The van der Waals surface area contributed by atoms with Crippen LogP contribution in [0.5, 0.6) is 0 Å². The molecule has 0 bridgehead atoms. The fourth-order valence-electron chi connectivity index (χ4n) is 0. The van der Waals surface area contributed by atoms with Gasteiger partial charge < -0.3 is 10.2 Å². The zero-order valence-corrected chi connectivity index (χ0v) is 6.21. The van der Waals surface area contributed by atoms with E-state index in [1.807, 2.05) is 0 Å². The first kappa shape index (κ1) is 17.4. The van der Waals surface area contributed by atoms with E-state index >= 15 is 0 Å². The fourth-order valence-corrected chi connectivity index (χ4v) is 0. The Balaban J connectivity index is -0.000000107. The van der Waals surface area contributed by atoms with Gasteiger partial charge in [-0.2, -0.15) is 26.3 Å². The van der Waals surface area contributed by atoms with Gasteiger partial charge in [0, 0.05) is 0 Å². The average Bonchev–Trinajstić information content (AvgIpc) is 1.12. The molecule has 0 atom stereocenters. The van der Waals surface area contributed by atoms with Crippen LogP contribution in [0.2, 0.25) is 0 Å². The van der Waals surface area contributed by atoms with Crippen molar-refractivity contribution in [3.63, 3.8) is 0 Å². The van der Waals surface area contributed by atoms with Crippen molar-refractivity contribution in [1.29, 1.82) is 0 Å². The third kappa shape index (κ3) is 9900. The van der Waals surface area contributed by atoms with Crippen molar-refractivity contribution >= 4 is 23.1 Å². The van der Waals surface area contributed by atoms with Crippen LogP contribution in [0, 0.1) is 0 Å². The van der Waals surface area contributed by atoms with Gasteiger partial charge in [-0.1, -0.05) is 0 Å². The third-order valence-corrected chi connectivity index (χ3v) is 0. The number of hydrogen-bond donors (Lipinski definition) is 0. The SMILES string of the molecule is [Mg+2].[O-]C(F)(F)F.[O-]C(F)(F)F. The van der Waals surface area contributed by atoms with E-state index in [0.717, 1.165) is 0 Å². The fraction of sp³-hybridized carbons (Fsp3) is 1.00. The van der Waals surface area contributed by atoms with Gasteiger partial charge >= 0.3 is 35.8 Å². The summed E-state index contributed by atoms with van der Waals surface area (Å²) >= 11 is 0. The van der Waals surface area contributed by atoms with Gasteiger partial charge in [0.25, 0.3) is 0 Å². The minimum atomic E-state index is -5.25. The van der Waals surface area contributed by atoms with Gasteiger partial charge in [-0.25, -0.2) is 0 Å². The first-order valence-corrected chi connectivity index (χ1v) is 1.54. The summed E-state index contributed by atoms with van der Waals surface area (Å²) in [6.45, 7) is 0. The van der Waals surface area contributed by atoms with Crippen molar-refractivity contribution in [1.82, 2.24) is 0 Å². The average molecular weight is 194 g/mol. The van der Waals surface area contributed by atoms with Crippen LogP contribution in [0.4, 0.5) is 26.3 Å². The summed E-state index contributed by atoms with van der Waals surface area (Å²) in [4.78, 5) is 0. The van der Waals surface area contributed by atoms with Crippen LogP contribution in [0.25, 0.3) is 0 Å². The second-order valence-corrected chi connectivity index (χ2v) is 0.891. The van der Waals surface area contributed by atoms with Crippen LogP contribution in [-0.4, -0.2) is 35.8 Å². The van der Waals surface area contributed by atoms with E-state index in [1.165, 1.54) is 0 Å². The summed E-state index contributed by atoms with van der Waals surface area (Å²) in [5.74, 6) is 0. The molecule has 0 aromatic rings. The van der Waals surface area contributed by atoms with Crippen molar-refractivity contribution in [2.75, 3.05) is 0 Å². The molecule has 0 aromatic carbocycles. The molecule has 0 saturated carbocycles. The van der Waals surface area contributed by atoms with Crippen molar-refractivity contribution in [2.24, 2.45) is 0 Å². The summed E-state index contributed by atoms with van der Waals surface area (Å²) < 4.78 is 58.8. The first-order valence-electron chi connectivity index (χ1n) is 1.54. The van der Waals surface area contributed by atoms with E-state index in [2.05, 4.69) is 0 Å². The molecule has 0 fully saturated rings. The van der Waals surface area contributed by atoms with E-state index in [4.69, 9.17) is 10.2 Å². The van der Waals surface area contributed by atoms with Gasteiger partial charge in [0.05, 0.1) is 0 Å². The predicted octanol–water partition coefficient (Wildman–Crippen LogP) is -0.648. The molecule has 0 unspecified atom stereocenters. The van der Waals surface area contributed by atoms with E-state index in [-0.39, 0.29) is 23.1 Å². The zero-order valence-electron chi connectivity index (χ0n) is 4.79. The molecule has 0 aliphatic carbocycles. The Morgan fingerprint density at radius 2 is 0.636 bits per heavy atom. The maximum atomic E-state index is 9.80. The molecule has 0 N–H and O–H groups in total. The summed E-state index contributed by atoms with van der Waals surface area (Å²) in [6, 6.07) is 0. The Kier molecular flexibility index (Phi) is 9.26. The monoisotopic (exact) mass is 194 g/mol. The molecule has 0 amide bonds. The summed E-state index contributed by atoms with van der Waals surface area (Å²) in [6.07, 6.45) is -10.5. The van der Waals surface area contributed by atoms with Crippen LogP contribution in [0.3, 0.4) is 0 Å². The summed E-state index contributed by atoms with van der Waals surface area (Å²) in [5, 5.41) is 16.2. The normalized spacial score (nSPS) is 10.9. The van der Waals surface area contributed by atoms with Gasteiger partial charge in [0.15, 0.2) is 0 Å². The van der Waals surface area contributed by atoms with Crippen LogP contribution >= 0.6 is 0 Å². The molecule has 0 aromatic heterocycles. The van der Waals surface area contributed by atoms with Gasteiger partial charge in [0.1, 0.15) is 0 Å². The molecule has 0 aliphatic rings. The van der Waals surface area contributed by atoms with Crippen LogP contribution < -0.4 is 10.2 Å². The maximum absolute atomic E-state index is 9.80. The van der Waals surface area contributed by atoms with Crippen LogP contribution in [0.15, 0.2) is 0 Å². The molecule has 0 heterocycles. The molecule has 2 nitrogen and oxygen atoms in total. The molecule has 9 heteroatoms. The topological polar surface area (TPSA) is 46.1 Å². The van der Waals surface area contributed by atoms with E-state index < -0.39 is 12.7 Å². The molecule has 0 aliphatic heterocycles. The van der Waals surface area contributed by atoms with Gasteiger partial charge in [-0.3, -0.25) is 0 Å². The molecule has 0 saturated heterocycles. The molecule has 0 radical (unpaired) electrons. The molecular formula is C2F6MgO2. The molecule has 0 spiro atoms. The Bertz CT molecular complexity index is 61.6. The number of halogens is 6. The Morgan fingerprint density at radius 1 is 0.636 bits per heavy atom.